The number of pyridine rings is 4. The first kappa shape index (κ1) is 26.0. The number of aromatic nitrogens is 6. The summed E-state index contributed by atoms with van der Waals surface area (Å²) in [6.45, 7) is 1.94. The fraction of sp³-hybridized carbons (Fsp3) is 0.0270. The maximum absolute atomic E-state index is 4.91. The minimum Gasteiger partial charge on any atom is -0.265 e. The Bertz CT molecular complexity index is 1750. The molecular formula is C37H26N6. The van der Waals surface area contributed by atoms with E-state index in [0.717, 1.165) is 67.0 Å². The van der Waals surface area contributed by atoms with Crippen molar-refractivity contribution in [3.63, 3.8) is 0 Å². The topological polar surface area (TPSA) is 77.3 Å². The Balaban J connectivity index is 1.40. The average molecular weight is 555 g/mol. The van der Waals surface area contributed by atoms with E-state index in [0.29, 0.717) is 5.82 Å². The third kappa shape index (κ3) is 5.67. The first-order chi connectivity index (χ1) is 21.2. The number of hydrogen-bond acceptors (Lipinski definition) is 6. The summed E-state index contributed by atoms with van der Waals surface area (Å²) in [7, 11) is 0. The normalized spacial score (nSPS) is 10.9. The molecule has 7 rings (SSSR count). The molecule has 0 aliphatic heterocycles. The average Bonchev–Trinajstić information content (AvgIpc) is 3.09. The Morgan fingerprint density at radius 1 is 0.302 bits per heavy atom. The summed E-state index contributed by atoms with van der Waals surface area (Å²) in [5.74, 6) is 0.701. The number of aryl methyl sites for hydroxylation is 1. The van der Waals surface area contributed by atoms with Crippen molar-refractivity contribution < 1.29 is 0 Å². The second-order valence-electron chi connectivity index (χ2n) is 10.2. The Morgan fingerprint density at radius 3 is 0.837 bits per heavy atom. The van der Waals surface area contributed by atoms with Crippen molar-refractivity contribution in [3.05, 3.63) is 146 Å². The Labute approximate surface area is 249 Å². The highest BCUT2D eigenvalue weighted by Gasteiger charge is 2.13. The molecule has 6 nitrogen and oxygen atoms in total. The second kappa shape index (κ2) is 11.5. The van der Waals surface area contributed by atoms with Gasteiger partial charge < -0.3 is 0 Å². The summed E-state index contributed by atoms with van der Waals surface area (Å²) in [4.78, 5) is 26.7. The molecule has 43 heavy (non-hydrogen) atoms. The van der Waals surface area contributed by atoms with E-state index >= 15 is 0 Å². The molecule has 0 aliphatic rings. The molecule has 0 saturated heterocycles. The lowest BCUT2D eigenvalue weighted by molar-refractivity contribution is 1.06. The molecule has 0 aliphatic carbocycles. The lowest BCUT2D eigenvalue weighted by atomic mass is 9.94. The van der Waals surface area contributed by atoms with Gasteiger partial charge >= 0.3 is 0 Å². The van der Waals surface area contributed by atoms with Crippen molar-refractivity contribution in [1.29, 1.82) is 0 Å². The molecule has 0 fully saturated rings. The van der Waals surface area contributed by atoms with Crippen LogP contribution in [-0.4, -0.2) is 29.9 Å². The molecule has 0 bridgehead atoms. The summed E-state index contributed by atoms with van der Waals surface area (Å²) < 4.78 is 0. The van der Waals surface area contributed by atoms with Gasteiger partial charge in [-0.2, -0.15) is 0 Å². The predicted molar refractivity (Wildman–Crippen MR) is 171 cm³/mol. The van der Waals surface area contributed by atoms with Crippen LogP contribution in [0.1, 0.15) is 5.82 Å². The maximum atomic E-state index is 4.91. The first-order valence-corrected chi connectivity index (χ1v) is 14.0. The van der Waals surface area contributed by atoms with E-state index in [1.54, 1.807) is 0 Å². The fourth-order valence-corrected chi connectivity index (χ4v) is 5.26. The highest BCUT2D eigenvalue weighted by Crippen LogP contribution is 2.35. The highest BCUT2D eigenvalue weighted by molar-refractivity contribution is 5.83. The van der Waals surface area contributed by atoms with Gasteiger partial charge in [-0.25, -0.2) is 9.97 Å². The standard InChI is InChI=1S/C37H26N6/c1-25-42-36(34-20-30(26-2-10-38-11-3-26)18-31(21-34)27-4-12-39-13-5-27)24-37(43-25)35-22-32(28-6-14-40-15-7-28)19-33(23-35)29-8-16-41-17-9-29/h2-24H,1H3. The van der Waals surface area contributed by atoms with Crippen molar-refractivity contribution in [2.75, 3.05) is 0 Å². The van der Waals surface area contributed by atoms with Crippen molar-refractivity contribution in [2.45, 2.75) is 6.92 Å². The lowest BCUT2D eigenvalue weighted by Gasteiger charge is -2.13. The quantitative estimate of drug-likeness (QED) is 0.206. The summed E-state index contributed by atoms with van der Waals surface area (Å²) in [6, 6.07) is 31.4. The molecule has 204 valence electrons. The molecule has 0 atom stereocenters. The van der Waals surface area contributed by atoms with Crippen LogP contribution in [0.4, 0.5) is 0 Å². The minimum absolute atomic E-state index is 0.701. The number of benzene rings is 2. The van der Waals surface area contributed by atoms with Gasteiger partial charge in [-0.15, -0.1) is 0 Å². The lowest BCUT2D eigenvalue weighted by Crippen LogP contribution is -1.96. The van der Waals surface area contributed by atoms with Crippen LogP contribution in [-0.2, 0) is 0 Å². The van der Waals surface area contributed by atoms with Gasteiger partial charge in [-0.1, -0.05) is 0 Å². The third-order valence-corrected chi connectivity index (χ3v) is 7.35. The first-order valence-electron chi connectivity index (χ1n) is 14.0. The van der Waals surface area contributed by atoms with E-state index in [-0.39, 0.29) is 0 Å². The minimum atomic E-state index is 0.701. The Kier molecular flexibility index (Phi) is 6.99. The third-order valence-electron chi connectivity index (χ3n) is 7.35. The molecule has 2 aromatic carbocycles. The summed E-state index contributed by atoms with van der Waals surface area (Å²) in [5.41, 5.74) is 12.4. The van der Waals surface area contributed by atoms with E-state index < -0.39 is 0 Å². The molecule has 0 saturated carbocycles. The molecule has 5 heterocycles. The van der Waals surface area contributed by atoms with Crippen LogP contribution >= 0.6 is 0 Å². The molecule has 0 radical (unpaired) electrons. The Morgan fingerprint density at radius 2 is 0.558 bits per heavy atom. The number of rotatable bonds is 6. The smallest absolute Gasteiger partial charge is 0.126 e. The number of nitrogens with zero attached hydrogens (tertiary/aromatic N) is 6. The monoisotopic (exact) mass is 554 g/mol. The van der Waals surface area contributed by atoms with E-state index in [9.17, 15) is 0 Å². The van der Waals surface area contributed by atoms with Crippen molar-refractivity contribution in [1.82, 2.24) is 29.9 Å². The van der Waals surface area contributed by atoms with Gasteiger partial charge in [0.15, 0.2) is 0 Å². The van der Waals surface area contributed by atoms with Crippen LogP contribution in [0.5, 0.6) is 0 Å². The van der Waals surface area contributed by atoms with Gasteiger partial charge in [-0.3, -0.25) is 19.9 Å². The molecule has 0 unspecified atom stereocenters. The predicted octanol–water partition coefficient (Wildman–Crippen LogP) is 8.37. The van der Waals surface area contributed by atoms with Crippen LogP contribution < -0.4 is 0 Å². The second-order valence-corrected chi connectivity index (χ2v) is 10.2. The molecule has 5 aromatic heterocycles. The summed E-state index contributed by atoms with van der Waals surface area (Å²) in [6.07, 6.45) is 14.5. The molecule has 7 aromatic rings. The van der Waals surface area contributed by atoms with Crippen LogP contribution in [0.25, 0.3) is 67.0 Å². The van der Waals surface area contributed by atoms with Crippen LogP contribution in [0.3, 0.4) is 0 Å². The van der Waals surface area contributed by atoms with Crippen LogP contribution in [0.15, 0.2) is 141 Å². The zero-order valence-electron chi connectivity index (χ0n) is 23.5. The van der Waals surface area contributed by atoms with Crippen molar-refractivity contribution in [3.8, 4) is 67.0 Å². The van der Waals surface area contributed by atoms with Gasteiger partial charge in [-0.05, 0) is 142 Å². The van der Waals surface area contributed by atoms with Crippen molar-refractivity contribution >= 4 is 0 Å². The van der Waals surface area contributed by atoms with Gasteiger partial charge in [0.1, 0.15) is 5.82 Å². The summed E-state index contributed by atoms with van der Waals surface area (Å²) >= 11 is 0. The van der Waals surface area contributed by atoms with E-state index in [2.05, 4.69) is 62.4 Å². The zero-order valence-corrected chi connectivity index (χ0v) is 23.5. The highest BCUT2D eigenvalue weighted by atomic mass is 14.9. The molecule has 0 N–H and O–H groups in total. The van der Waals surface area contributed by atoms with Crippen LogP contribution in [0, 0.1) is 6.92 Å². The fourth-order valence-electron chi connectivity index (χ4n) is 5.26. The summed E-state index contributed by atoms with van der Waals surface area (Å²) in [5, 5.41) is 0. The van der Waals surface area contributed by atoms with E-state index in [4.69, 9.17) is 9.97 Å². The zero-order chi connectivity index (χ0) is 29.0. The van der Waals surface area contributed by atoms with Crippen LogP contribution in [0.2, 0.25) is 0 Å². The Hall–Kier alpha value is -5.88. The van der Waals surface area contributed by atoms with Gasteiger partial charge in [0, 0.05) is 60.7 Å². The van der Waals surface area contributed by atoms with E-state index in [1.807, 2.05) is 105 Å². The molecular weight excluding hydrogens is 528 g/mol. The maximum Gasteiger partial charge on any atom is 0.126 e. The SMILES string of the molecule is Cc1nc(-c2cc(-c3ccncc3)cc(-c3ccncc3)c2)cc(-c2cc(-c3ccncc3)cc(-c3ccncc3)c2)n1. The van der Waals surface area contributed by atoms with Gasteiger partial charge in [0.05, 0.1) is 11.4 Å². The molecule has 0 amide bonds. The van der Waals surface area contributed by atoms with E-state index in [1.165, 1.54) is 0 Å². The number of hydrogen-bond donors (Lipinski definition) is 0. The largest absolute Gasteiger partial charge is 0.265 e. The molecule has 6 heteroatoms. The van der Waals surface area contributed by atoms with Gasteiger partial charge in [0.2, 0.25) is 0 Å². The molecule has 0 spiro atoms. The van der Waals surface area contributed by atoms with Crippen molar-refractivity contribution in [2.24, 2.45) is 0 Å². The van der Waals surface area contributed by atoms with Gasteiger partial charge in [0.25, 0.3) is 0 Å².